The molecule has 1 fully saturated rings. The lowest BCUT2D eigenvalue weighted by Crippen LogP contribution is -2.34. The lowest BCUT2D eigenvalue weighted by molar-refractivity contribution is 0.0895. The van der Waals surface area contributed by atoms with Crippen molar-refractivity contribution in [2.24, 2.45) is 11.1 Å². The average molecular weight is 235 g/mol. The smallest absolute Gasteiger partial charge is 0.152 e. The third-order valence-electron chi connectivity index (χ3n) is 3.45. The lowest BCUT2D eigenvalue weighted by Gasteiger charge is -2.26. The van der Waals surface area contributed by atoms with Crippen molar-refractivity contribution in [2.45, 2.75) is 31.4 Å². The van der Waals surface area contributed by atoms with Gasteiger partial charge < -0.3 is 10.5 Å². The summed E-state index contributed by atoms with van der Waals surface area (Å²) in [5, 5.41) is -0.207. The number of rotatable bonds is 5. The summed E-state index contributed by atoms with van der Waals surface area (Å²) in [5.41, 5.74) is 5.62. The standard InChI is InChI=1S/C10H21NO3S/c1-3-15(12,13)9-4-5-10(6-9,7-11)8-14-2/h9H,3-8,11H2,1-2H3/t9-,10+/m1/s1. The highest BCUT2D eigenvalue weighted by atomic mass is 32.2. The molecule has 0 aromatic heterocycles. The molecule has 1 saturated carbocycles. The molecule has 1 aliphatic carbocycles. The molecular weight excluding hydrogens is 214 g/mol. The molecular formula is C10H21NO3S. The summed E-state index contributed by atoms with van der Waals surface area (Å²) >= 11 is 0. The van der Waals surface area contributed by atoms with Crippen molar-refractivity contribution in [1.82, 2.24) is 0 Å². The Bertz CT molecular complexity index is 302. The van der Waals surface area contributed by atoms with E-state index in [4.69, 9.17) is 10.5 Å². The molecule has 0 aliphatic heterocycles. The molecule has 15 heavy (non-hydrogen) atoms. The maximum atomic E-state index is 11.7. The molecule has 2 N–H and O–H groups in total. The van der Waals surface area contributed by atoms with Crippen LogP contribution in [0, 0.1) is 5.41 Å². The Balaban J connectivity index is 2.73. The van der Waals surface area contributed by atoms with Gasteiger partial charge in [-0.05, 0) is 19.3 Å². The highest BCUT2D eigenvalue weighted by Gasteiger charge is 2.42. The summed E-state index contributed by atoms with van der Waals surface area (Å²) in [4.78, 5) is 0. The second kappa shape index (κ2) is 4.80. The van der Waals surface area contributed by atoms with Gasteiger partial charge in [-0.25, -0.2) is 8.42 Å². The second-order valence-electron chi connectivity index (χ2n) is 4.45. The number of nitrogens with two attached hydrogens (primary N) is 1. The van der Waals surface area contributed by atoms with Crippen LogP contribution in [0.3, 0.4) is 0 Å². The van der Waals surface area contributed by atoms with E-state index in [1.807, 2.05) is 0 Å². The lowest BCUT2D eigenvalue weighted by atomic mass is 9.87. The molecule has 90 valence electrons. The van der Waals surface area contributed by atoms with Gasteiger partial charge >= 0.3 is 0 Å². The Kier molecular flexibility index (Phi) is 4.14. The van der Waals surface area contributed by atoms with Crippen LogP contribution in [0.15, 0.2) is 0 Å². The summed E-state index contributed by atoms with van der Waals surface area (Å²) in [5.74, 6) is 0.227. The first-order valence-electron chi connectivity index (χ1n) is 5.40. The zero-order valence-corrected chi connectivity index (χ0v) is 10.3. The van der Waals surface area contributed by atoms with Gasteiger partial charge in [0.15, 0.2) is 9.84 Å². The van der Waals surface area contributed by atoms with Crippen molar-refractivity contribution in [1.29, 1.82) is 0 Å². The molecule has 0 saturated heterocycles. The zero-order valence-electron chi connectivity index (χ0n) is 9.53. The van der Waals surface area contributed by atoms with Crippen LogP contribution < -0.4 is 5.73 Å². The van der Waals surface area contributed by atoms with E-state index in [0.29, 0.717) is 19.6 Å². The van der Waals surface area contributed by atoms with Gasteiger partial charge in [0.2, 0.25) is 0 Å². The van der Waals surface area contributed by atoms with Crippen LogP contribution in [0.2, 0.25) is 0 Å². The van der Waals surface area contributed by atoms with E-state index in [2.05, 4.69) is 0 Å². The maximum absolute atomic E-state index is 11.7. The van der Waals surface area contributed by atoms with Crippen LogP contribution >= 0.6 is 0 Å². The highest BCUT2D eigenvalue weighted by molar-refractivity contribution is 7.92. The highest BCUT2D eigenvalue weighted by Crippen LogP contribution is 2.40. The van der Waals surface area contributed by atoms with Crippen LogP contribution in [-0.2, 0) is 14.6 Å². The molecule has 0 bridgehead atoms. The average Bonchev–Trinajstić information content (AvgIpc) is 2.64. The van der Waals surface area contributed by atoms with E-state index in [1.165, 1.54) is 0 Å². The van der Waals surface area contributed by atoms with E-state index in [1.54, 1.807) is 14.0 Å². The van der Waals surface area contributed by atoms with E-state index in [-0.39, 0.29) is 16.4 Å². The number of hydrogen-bond acceptors (Lipinski definition) is 4. The van der Waals surface area contributed by atoms with Gasteiger partial charge in [-0.2, -0.15) is 0 Å². The van der Waals surface area contributed by atoms with Crippen LogP contribution in [0.5, 0.6) is 0 Å². The van der Waals surface area contributed by atoms with Gasteiger partial charge in [0.05, 0.1) is 11.9 Å². The molecule has 0 heterocycles. The van der Waals surface area contributed by atoms with Gasteiger partial charge in [-0.3, -0.25) is 0 Å². The fourth-order valence-corrected chi connectivity index (χ4v) is 3.93. The van der Waals surface area contributed by atoms with Gasteiger partial charge in [0.1, 0.15) is 0 Å². The quantitative estimate of drug-likeness (QED) is 0.756. The summed E-state index contributed by atoms with van der Waals surface area (Å²) in [6.45, 7) is 2.78. The van der Waals surface area contributed by atoms with Gasteiger partial charge in [0, 0.05) is 24.8 Å². The van der Waals surface area contributed by atoms with E-state index in [9.17, 15) is 8.42 Å². The molecule has 0 spiro atoms. The number of hydrogen-bond donors (Lipinski definition) is 1. The van der Waals surface area contributed by atoms with Crippen molar-refractivity contribution in [3.8, 4) is 0 Å². The fraction of sp³-hybridized carbons (Fsp3) is 1.00. The molecule has 0 aromatic carbocycles. The topological polar surface area (TPSA) is 69.4 Å². The predicted octanol–water partition coefficient (Wildman–Crippen LogP) is 0.565. The van der Waals surface area contributed by atoms with Crippen LogP contribution in [0.25, 0.3) is 0 Å². The van der Waals surface area contributed by atoms with E-state index >= 15 is 0 Å². The summed E-state index contributed by atoms with van der Waals surface area (Å²) < 4.78 is 28.6. The number of ether oxygens (including phenoxy) is 1. The van der Waals surface area contributed by atoms with Crippen LogP contribution in [0.4, 0.5) is 0 Å². The molecule has 5 heteroatoms. The third kappa shape index (κ3) is 2.71. The third-order valence-corrected chi connectivity index (χ3v) is 5.67. The van der Waals surface area contributed by atoms with Gasteiger partial charge in [-0.1, -0.05) is 6.92 Å². The molecule has 4 nitrogen and oxygen atoms in total. The number of sulfone groups is 1. The Morgan fingerprint density at radius 2 is 2.20 bits per heavy atom. The maximum Gasteiger partial charge on any atom is 0.152 e. The number of methoxy groups -OCH3 is 1. The Labute approximate surface area is 92.1 Å². The molecule has 0 aromatic rings. The van der Waals surface area contributed by atoms with Gasteiger partial charge in [-0.15, -0.1) is 0 Å². The Morgan fingerprint density at radius 3 is 2.67 bits per heavy atom. The molecule has 0 unspecified atom stereocenters. The minimum absolute atomic E-state index is 0.109. The van der Waals surface area contributed by atoms with Crippen molar-refractivity contribution >= 4 is 9.84 Å². The van der Waals surface area contributed by atoms with Gasteiger partial charge in [0.25, 0.3) is 0 Å². The largest absolute Gasteiger partial charge is 0.384 e. The summed E-state index contributed by atoms with van der Waals surface area (Å²) in [7, 11) is -1.27. The van der Waals surface area contributed by atoms with E-state index < -0.39 is 9.84 Å². The molecule has 1 rings (SSSR count). The van der Waals surface area contributed by atoms with Crippen LogP contribution in [-0.4, -0.2) is 39.7 Å². The van der Waals surface area contributed by atoms with Crippen molar-refractivity contribution < 1.29 is 13.2 Å². The van der Waals surface area contributed by atoms with Crippen molar-refractivity contribution in [3.63, 3.8) is 0 Å². The first-order chi connectivity index (χ1) is 6.99. The molecule has 0 radical (unpaired) electrons. The minimum atomic E-state index is -2.91. The molecule has 0 amide bonds. The Morgan fingerprint density at radius 1 is 1.53 bits per heavy atom. The minimum Gasteiger partial charge on any atom is -0.384 e. The summed E-state index contributed by atoms with van der Waals surface area (Å²) in [6.07, 6.45) is 2.26. The second-order valence-corrected chi connectivity index (χ2v) is 7.02. The SMILES string of the molecule is CCS(=O)(=O)[C@@H]1CC[C@](CN)(COC)C1. The zero-order chi connectivity index (χ0) is 11.5. The first kappa shape index (κ1) is 12.9. The van der Waals surface area contributed by atoms with Crippen molar-refractivity contribution in [2.75, 3.05) is 26.0 Å². The van der Waals surface area contributed by atoms with Crippen molar-refractivity contribution in [3.05, 3.63) is 0 Å². The monoisotopic (exact) mass is 235 g/mol. The Hall–Kier alpha value is -0.130. The first-order valence-corrected chi connectivity index (χ1v) is 7.12. The normalized spacial score (nSPS) is 32.1. The van der Waals surface area contributed by atoms with E-state index in [0.717, 1.165) is 12.8 Å². The van der Waals surface area contributed by atoms with Crippen LogP contribution in [0.1, 0.15) is 26.2 Å². The summed E-state index contributed by atoms with van der Waals surface area (Å²) in [6, 6.07) is 0. The fourth-order valence-electron chi connectivity index (χ4n) is 2.38. The molecule has 2 atom stereocenters. The predicted molar refractivity (Wildman–Crippen MR) is 60.5 cm³/mol. The molecule has 1 aliphatic rings.